The molecule has 0 bridgehead atoms. The predicted molar refractivity (Wildman–Crippen MR) is 113 cm³/mol. The van der Waals surface area contributed by atoms with Crippen LogP contribution in [0.2, 0.25) is 0 Å². The van der Waals surface area contributed by atoms with E-state index in [1.807, 2.05) is 6.07 Å². The van der Waals surface area contributed by atoms with Gasteiger partial charge >= 0.3 is 0 Å². The normalized spacial score (nSPS) is 15.2. The number of carbonyl (C=O) groups is 1. The second kappa shape index (κ2) is 9.15. The van der Waals surface area contributed by atoms with E-state index in [0.29, 0.717) is 24.6 Å². The largest absolute Gasteiger partial charge is 0.493 e. The minimum absolute atomic E-state index is 0.0436. The summed E-state index contributed by atoms with van der Waals surface area (Å²) in [6.45, 7) is 1.27. The van der Waals surface area contributed by atoms with Crippen molar-refractivity contribution >= 4 is 31.9 Å². The number of halogens is 1. The van der Waals surface area contributed by atoms with Gasteiger partial charge in [0, 0.05) is 30.7 Å². The van der Waals surface area contributed by atoms with Crippen molar-refractivity contribution in [2.45, 2.75) is 11.3 Å². The molecule has 2 aromatic carbocycles. The van der Waals surface area contributed by atoms with Crippen molar-refractivity contribution in [3.05, 3.63) is 52.5 Å². The maximum Gasteiger partial charge on any atom is 0.243 e. The Kier molecular flexibility index (Phi) is 6.81. The lowest BCUT2D eigenvalue weighted by molar-refractivity contribution is -0.131. The summed E-state index contributed by atoms with van der Waals surface area (Å²) in [6.07, 6.45) is 0.222. The quantitative estimate of drug-likeness (QED) is 0.632. The van der Waals surface area contributed by atoms with Gasteiger partial charge in [-0.15, -0.1) is 0 Å². The van der Waals surface area contributed by atoms with E-state index in [1.165, 1.54) is 4.31 Å². The van der Waals surface area contributed by atoms with Gasteiger partial charge < -0.3 is 14.4 Å². The van der Waals surface area contributed by atoms with Gasteiger partial charge in [0.2, 0.25) is 15.9 Å². The molecule has 1 aliphatic heterocycles. The fraction of sp³-hybridized carbons (Fsp3) is 0.350. The topological polar surface area (TPSA) is 76.2 Å². The monoisotopic (exact) mass is 482 g/mol. The van der Waals surface area contributed by atoms with Crippen LogP contribution in [-0.4, -0.2) is 63.9 Å². The first-order chi connectivity index (χ1) is 13.8. The number of hydrogen-bond donors (Lipinski definition) is 0. The number of carbonyl (C=O) groups excluding carboxylic acids is 1. The highest BCUT2D eigenvalue weighted by atomic mass is 79.9. The SMILES string of the molecule is COc1ccc(CC(=O)N2CCN(S(=O)(=O)c3ccc(Br)cc3)CC2)cc1OC. The molecule has 0 N–H and O–H groups in total. The average molecular weight is 483 g/mol. The Morgan fingerprint density at radius 1 is 0.966 bits per heavy atom. The lowest BCUT2D eigenvalue weighted by atomic mass is 10.1. The highest BCUT2D eigenvalue weighted by molar-refractivity contribution is 9.10. The van der Waals surface area contributed by atoms with Gasteiger partial charge in [-0.3, -0.25) is 4.79 Å². The maximum absolute atomic E-state index is 12.8. The molecule has 0 radical (unpaired) electrons. The first-order valence-corrected chi connectivity index (χ1v) is 11.3. The number of ether oxygens (including phenoxy) is 2. The second-order valence-electron chi connectivity index (χ2n) is 6.60. The molecular weight excluding hydrogens is 460 g/mol. The molecule has 0 aromatic heterocycles. The lowest BCUT2D eigenvalue weighted by Crippen LogP contribution is -2.50. The van der Waals surface area contributed by atoms with E-state index < -0.39 is 10.0 Å². The van der Waals surface area contributed by atoms with Crippen molar-refractivity contribution in [1.29, 1.82) is 0 Å². The van der Waals surface area contributed by atoms with Crippen LogP contribution >= 0.6 is 15.9 Å². The molecule has 1 amide bonds. The Balaban J connectivity index is 1.61. The number of hydrogen-bond acceptors (Lipinski definition) is 5. The Labute approximate surface area is 179 Å². The van der Waals surface area contributed by atoms with Crippen molar-refractivity contribution in [2.75, 3.05) is 40.4 Å². The zero-order chi connectivity index (χ0) is 21.0. The van der Waals surface area contributed by atoms with Crippen LogP contribution in [-0.2, 0) is 21.2 Å². The van der Waals surface area contributed by atoms with Crippen LogP contribution < -0.4 is 9.47 Å². The van der Waals surface area contributed by atoms with Crippen LogP contribution in [0.4, 0.5) is 0 Å². The van der Waals surface area contributed by atoms with E-state index in [0.717, 1.165) is 10.0 Å². The molecule has 3 rings (SSSR count). The Morgan fingerprint density at radius 2 is 1.59 bits per heavy atom. The summed E-state index contributed by atoms with van der Waals surface area (Å²) in [6, 6.07) is 11.9. The number of rotatable bonds is 6. The molecule has 0 spiro atoms. The predicted octanol–water partition coefficient (Wildman–Crippen LogP) is 2.54. The van der Waals surface area contributed by atoms with Crippen LogP contribution in [0.5, 0.6) is 11.5 Å². The lowest BCUT2D eigenvalue weighted by Gasteiger charge is -2.34. The zero-order valence-corrected chi connectivity index (χ0v) is 18.7. The van der Waals surface area contributed by atoms with Crippen LogP contribution in [0.3, 0.4) is 0 Å². The van der Waals surface area contributed by atoms with Crippen molar-refractivity contribution in [1.82, 2.24) is 9.21 Å². The van der Waals surface area contributed by atoms with Crippen molar-refractivity contribution in [2.24, 2.45) is 0 Å². The first kappa shape index (κ1) is 21.6. The number of benzene rings is 2. The molecule has 0 unspecified atom stereocenters. The third-order valence-electron chi connectivity index (χ3n) is 4.85. The molecule has 0 saturated carbocycles. The average Bonchev–Trinajstić information content (AvgIpc) is 2.74. The molecule has 2 aromatic rings. The maximum atomic E-state index is 12.8. The van der Waals surface area contributed by atoms with Gasteiger partial charge in [0.15, 0.2) is 11.5 Å². The molecule has 1 aliphatic rings. The summed E-state index contributed by atoms with van der Waals surface area (Å²) >= 11 is 3.31. The summed E-state index contributed by atoms with van der Waals surface area (Å²) in [5.74, 6) is 1.14. The van der Waals surface area contributed by atoms with Crippen LogP contribution in [0.1, 0.15) is 5.56 Å². The smallest absolute Gasteiger partial charge is 0.243 e. The van der Waals surface area contributed by atoms with E-state index in [-0.39, 0.29) is 30.3 Å². The summed E-state index contributed by atoms with van der Waals surface area (Å²) < 4.78 is 38.3. The van der Waals surface area contributed by atoms with E-state index in [4.69, 9.17) is 9.47 Å². The molecule has 0 aliphatic carbocycles. The highest BCUT2D eigenvalue weighted by Gasteiger charge is 2.30. The molecule has 29 heavy (non-hydrogen) atoms. The van der Waals surface area contributed by atoms with Gasteiger partial charge in [0.05, 0.1) is 25.5 Å². The fourth-order valence-corrected chi connectivity index (χ4v) is 4.90. The summed E-state index contributed by atoms with van der Waals surface area (Å²) in [7, 11) is -0.449. The molecular formula is C20H23BrN2O5S. The van der Waals surface area contributed by atoms with Gasteiger partial charge in [-0.25, -0.2) is 8.42 Å². The van der Waals surface area contributed by atoms with E-state index >= 15 is 0 Å². The zero-order valence-electron chi connectivity index (χ0n) is 16.3. The number of piperazine rings is 1. The van der Waals surface area contributed by atoms with Gasteiger partial charge in [0.25, 0.3) is 0 Å². The molecule has 0 atom stereocenters. The van der Waals surface area contributed by atoms with Crippen LogP contribution in [0.25, 0.3) is 0 Å². The highest BCUT2D eigenvalue weighted by Crippen LogP contribution is 2.28. The molecule has 1 heterocycles. The van der Waals surface area contributed by atoms with Gasteiger partial charge in [-0.1, -0.05) is 22.0 Å². The van der Waals surface area contributed by atoms with Crippen LogP contribution in [0.15, 0.2) is 51.8 Å². The Bertz CT molecular complexity index is 971. The van der Waals surface area contributed by atoms with Crippen molar-refractivity contribution in [3.63, 3.8) is 0 Å². The molecule has 1 fully saturated rings. The fourth-order valence-electron chi connectivity index (χ4n) is 3.21. The molecule has 156 valence electrons. The minimum atomic E-state index is -3.56. The van der Waals surface area contributed by atoms with E-state index in [2.05, 4.69) is 15.9 Å². The molecule has 1 saturated heterocycles. The van der Waals surface area contributed by atoms with Gasteiger partial charge in [-0.05, 0) is 42.0 Å². The number of nitrogens with zero attached hydrogens (tertiary/aromatic N) is 2. The summed E-state index contributed by atoms with van der Waals surface area (Å²) in [5, 5.41) is 0. The van der Waals surface area contributed by atoms with Crippen molar-refractivity contribution in [3.8, 4) is 11.5 Å². The van der Waals surface area contributed by atoms with Crippen LogP contribution in [0, 0.1) is 0 Å². The van der Waals surface area contributed by atoms with E-state index in [9.17, 15) is 13.2 Å². The Morgan fingerprint density at radius 3 is 2.17 bits per heavy atom. The third kappa shape index (κ3) is 4.91. The number of sulfonamides is 1. The van der Waals surface area contributed by atoms with E-state index in [1.54, 1.807) is 55.5 Å². The number of methoxy groups -OCH3 is 2. The summed E-state index contributed by atoms with van der Waals surface area (Å²) in [4.78, 5) is 14.6. The number of amides is 1. The van der Waals surface area contributed by atoms with Gasteiger partial charge in [0.1, 0.15) is 0 Å². The third-order valence-corrected chi connectivity index (χ3v) is 7.29. The first-order valence-electron chi connectivity index (χ1n) is 9.09. The summed E-state index contributed by atoms with van der Waals surface area (Å²) in [5.41, 5.74) is 0.817. The standard InChI is InChI=1S/C20H23BrN2O5S/c1-27-18-8-3-15(13-19(18)28-2)14-20(24)22-9-11-23(12-10-22)29(25,26)17-6-4-16(21)5-7-17/h3-8,13H,9-12,14H2,1-2H3. The molecule has 9 heteroatoms. The van der Waals surface area contributed by atoms with Gasteiger partial charge in [-0.2, -0.15) is 4.31 Å². The molecule has 7 nitrogen and oxygen atoms in total. The van der Waals surface area contributed by atoms with Crippen molar-refractivity contribution < 1.29 is 22.7 Å². The second-order valence-corrected chi connectivity index (χ2v) is 9.46. The minimum Gasteiger partial charge on any atom is -0.493 e. The Hall–Kier alpha value is -2.10.